The standard InChI is InChI=1S/C17H31NO6Si/c1-16(2,3)23-15(21)18-11(14(20)22-7)10-12(13(18)19)24-25(8,9)17(4,5)6/h11-12H,10H2,1-9H3/t11-,12+/m1/s1. The largest absolute Gasteiger partial charge is 0.467 e. The molecule has 1 rings (SSSR count). The van der Waals surface area contributed by atoms with Crippen LogP contribution in [0.15, 0.2) is 0 Å². The van der Waals surface area contributed by atoms with Crippen molar-refractivity contribution in [3.63, 3.8) is 0 Å². The van der Waals surface area contributed by atoms with Gasteiger partial charge >= 0.3 is 12.1 Å². The number of ether oxygens (including phenoxy) is 2. The van der Waals surface area contributed by atoms with Gasteiger partial charge in [-0.1, -0.05) is 20.8 Å². The number of imide groups is 1. The van der Waals surface area contributed by atoms with Crippen LogP contribution in [0.3, 0.4) is 0 Å². The van der Waals surface area contributed by atoms with Crippen LogP contribution in [0.25, 0.3) is 0 Å². The van der Waals surface area contributed by atoms with Crippen LogP contribution in [0.1, 0.15) is 48.0 Å². The van der Waals surface area contributed by atoms with Gasteiger partial charge in [0, 0.05) is 6.42 Å². The summed E-state index contributed by atoms with van der Waals surface area (Å²) in [7, 11) is -1.02. The van der Waals surface area contributed by atoms with Crippen molar-refractivity contribution in [2.45, 2.75) is 83.8 Å². The highest BCUT2D eigenvalue weighted by Gasteiger charge is 2.52. The molecule has 8 heteroatoms. The molecule has 0 N–H and O–H groups in total. The monoisotopic (exact) mass is 373 g/mol. The van der Waals surface area contributed by atoms with Gasteiger partial charge in [0.25, 0.3) is 5.91 Å². The quantitative estimate of drug-likeness (QED) is 0.558. The Morgan fingerprint density at radius 1 is 1.12 bits per heavy atom. The van der Waals surface area contributed by atoms with Crippen molar-refractivity contribution >= 4 is 26.3 Å². The van der Waals surface area contributed by atoms with Crippen molar-refractivity contribution in [1.82, 2.24) is 4.90 Å². The van der Waals surface area contributed by atoms with E-state index < -0.39 is 44.0 Å². The number of hydrogen-bond acceptors (Lipinski definition) is 6. The van der Waals surface area contributed by atoms with Crippen molar-refractivity contribution in [2.75, 3.05) is 7.11 Å². The molecule has 1 saturated heterocycles. The molecule has 2 atom stereocenters. The Kier molecular flexibility index (Phi) is 6.12. The summed E-state index contributed by atoms with van der Waals surface area (Å²) < 4.78 is 16.2. The third-order valence-corrected chi connectivity index (χ3v) is 9.05. The highest BCUT2D eigenvalue weighted by atomic mass is 28.4. The van der Waals surface area contributed by atoms with E-state index in [0.29, 0.717) is 0 Å². The van der Waals surface area contributed by atoms with Crippen LogP contribution >= 0.6 is 0 Å². The number of nitrogens with zero attached hydrogens (tertiary/aromatic N) is 1. The molecule has 1 aliphatic rings. The molecule has 1 fully saturated rings. The van der Waals surface area contributed by atoms with E-state index in [9.17, 15) is 14.4 Å². The van der Waals surface area contributed by atoms with Gasteiger partial charge in [-0.05, 0) is 38.9 Å². The highest BCUT2D eigenvalue weighted by Crippen LogP contribution is 2.39. The second kappa shape index (κ2) is 7.07. The van der Waals surface area contributed by atoms with Crippen molar-refractivity contribution in [3.8, 4) is 0 Å². The second-order valence-electron chi connectivity index (χ2n) is 8.83. The lowest BCUT2D eigenvalue weighted by atomic mass is 10.2. The summed E-state index contributed by atoms with van der Waals surface area (Å²) in [4.78, 5) is 38.1. The Morgan fingerprint density at radius 2 is 1.64 bits per heavy atom. The summed E-state index contributed by atoms with van der Waals surface area (Å²) in [6.45, 7) is 15.3. The minimum atomic E-state index is -2.25. The van der Waals surface area contributed by atoms with E-state index in [-0.39, 0.29) is 11.5 Å². The first-order valence-electron chi connectivity index (χ1n) is 8.42. The molecule has 0 aromatic heterocycles. The summed E-state index contributed by atoms with van der Waals surface area (Å²) in [5.41, 5.74) is -0.781. The maximum atomic E-state index is 12.8. The topological polar surface area (TPSA) is 82.1 Å². The summed E-state index contributed by atoms with van der Waals surface area (Å²) in [6, 6.07) is -1.03. The van der Waals surface area contributed by atoms with E-state index in [0.717, 1.165) is 4.90 Å². The lowest BCUT2D eigenvalue weighted by Gasteiger charge is -2.37. The minimum Gasteiger partial charge on any atom is -0.467 e. The molecule has 0 saturated carbocycles. The molecule has 0 aromatic carbocycles. The predicted octanol–water partition coefficient (Wildman–Crippen LogP) is 3.09. The Bertz CT molecular complexity index is 546. The van der Waals surface area contributed by atoms with Crippen molar-refractivity contribution in [1.29, 1.82) is 0 Å². The van der Waals surface area contributed by atoms with E-state index >= 15 is 0 Å². The maximum absolute atomic E-state index is 12.8. The lowest BCUT2D eigenvalue weighted by molar-refractivity contribution is -0.149. The van der Waals surface area contributed by atoms with Crippen LogP contribution < -0.4 is 0 Å². The normalized spacial score (nSPS) is 22.1. The van der Waals surface area contributed by atoms with Crippen LogP contribution in [0.5, 0.6) is 0 Å². The lowest BCUT2D eigenvalue weighted by Crippen LogP contribution is -2.48. The van der Waals surface area contributed by atoms with Crippen LogP contribution in [0, 0.1) is 0 Å². The molecular formula is C17H31NO6Si. The van der Waals surface area contributed by atoms with Gasteiger partial charge in [-0.2, -0.15) is 0 Å². The smallest absolute Gasteiger partial charge is 0.417 e. The molecule has 25 heavy (non-hydrogen) atoms. The zero-order chi connectivity index (χ0) is 19.8. The fourth-order valence-electron chi connectivity index (χ4n) is 2.21. The van der Waals surface area contributed by atoms with Crippen molar-refractivity contribution in [3.05, 3.63) is 0 Å². The van der Waals surface area contributed by atoms with Gasteiger partial charge in [0.15, 0.2) is 8.32 Å². The van der Waals surface area contributed by atoms with Crippen molar-refractivity contribution < 1.29 is 28.3 Å². The molecule has 0 aromatic rings. The number of hydrogen-bond donors (Lipinski definition) is 0. The number of likely N-dealkylation sites (tertiary alicyclic amines) is 1. The van der Waals surface area contributed by atoms with Crippen LogP contribution in [-0.2, 0) is 23.5 Å². The molecule has 144 valence electrons. The maximum Gasteiger partial charge on any atom is 0.417 e. The minimum absolute atomic E-state index is 0.0806. The molecule has 1 heterocycles. The predicted molar refractivity (Wildman–Crippen MR) is 95.6 cm³/mol. The number of methoxy groups -OCH3 is 1. The molecule has 1 aliphatic heterocycles. The molecule has 0 aliphatic carbocycles. The van der Waals surface area contributed by atoms with E-state index in [1.807, 2.05) is 13.1 Å². The highest BCUT2D eigenvalue weighted by molar-refractivity contribution is 6.74. The Hall–Kier alpha value is -1.41. The average molecular weight is 374 g/mol. The number of rotatable bonds is 3. The van der Waals surface area contributed by atoms with Gasteiger partial charge in [-0.25, -0.2) is 14.5 Å². The first-order valence-corrected chi connectivity index (χ1v) is 11.3. The van der Waals surface area contributed by atoms with E-state index in [1.54, 1.807) is 20.8 Å². The Labute approximate surface area is 151 Å². The second-order valence-corrected chi connectivity index (χ2v) is 13.6. The van der Waals surface area contributed by atoms with E-state index in [2.05, 4.69) is 20.8 Å². The number of esters is 1. The Balaban J connectivity index is 3.09. The summed E-state index contributed by atoms with van der Waals surface area (Å²) in [5.74, 6) is -1.20. The third-order valence-electron chi connectivity index (χ3n) is 4.57. The van der Waals surface area contributed by atoms with E-state index in [1.165, 1.54) is 7.11 Å². The van der Waals surface area contributed by atoms with Crippen LogP contribution in [0.2, 0.25) is 18.1 Å². The van der Waals surface area contributed by atoms with Crippen LogP contribution in [-0.4, -0.2) is 56.0 Å². The van der Waals surface area contributed by atoms with Gasteiger partial charge in [0.1, 0.15) is 17.7 Å². The zero-order valence-electron chi connectivity index (χ0n) is 16.8. The fraction of sp³-hybridized carbons (Fsp3) is 0.824. The number of carbonyl (C=O) groups excluding carboxylic acids is 3. The van der Waals surface area contributed by atoms with Crippen LogP contribution in [0.4, 0.5) is 4.79 Å². The van der Waals surface area contributed by atoms with Gasteiger partial charge < -0.3 is 13.9 Å². The third kappa shape index (κ3) is 5.04. The Morgan fingerprint density at radius 3 is 2.04 bits per heavy atom. The van der Waals surface area contributed by atoms with Crippen molar-refractivity contribution in [2.24, 2.45) is 0 Å². The van der Waals surface area contributed by atoms with Gasteiger partial charge in [0.2, 0.25) is 0 Å². The molecule has 2 amide bonds. The molecule has 0 unspecified atom stereocenters. The first-order chi connectivity index (χ1) is 11.1. The number of carbonyl (C=O) groups is 3. The molecule has 7 nitrogen and oxygen atoms in total. The summed E-state index contributed by atoms with van der Waals surface area (Å²) in [6.07, 6.45) is -1.62. The van der Waals surface area contributed by atoms with Gasteiger partial charge in [-0.3, -0.25) is 4.79 Å². The average Bonchev–Trinajstić information content (AvgIpc) is 2.71. The molecule has 0 spiro atoms. The van der Waals surface area contributed by atoms with Gasteiger partial charge in [-0.15, -0.1) is 0 Å². The SMILES string of the molecule is COC(=O)[C@H]1C[C@H](O[Si](C)(C)C(C)(C)C)C(=O)N1C(=O)OC(C)(C)C. The molecular weight excluding hydrogens is 342 g/mol. The first kappa shape index (κ1) is 21.6. The fourth-order valence-corrected chi connectivity index (χ4v) is 3.48. The summed E-state index contributed by atoms with van der Waals surface area (Å²) in [5, 5.41) is -0.104. The summed E-state index contributed by atoms with van der Waals surface area (Å²) >= 11 is 0. The van der Waals surface area contributed by atoms with E-state index in [4.69, 9.17) is 13.9 Å². The molecule has 0 bridgehead atoms. The zero-order valence-corrected chi connectivity index (χ0v) is 17.8. The van der Waals surface area contributed by atoms with Gasteiger partial charge in [0.05, 0.1) is 7.11 Å². The molecule has 0 radical (unpaired) electrons. The number of amides is 2.